The van der Waals surface area contributed by atoms with Gasteiger partial charge in [0.15, 0.2) is 23.0 Å². The molecule has 0 radical (unpaired) electrons. The van der Waals surface area contributed by atoms with E-state index in [1.807, 2.05) is 0 Å². The molecule has 0 bridgehead atoms. The number of sulfonamides is 2. The average molecular weight is 889 g/mol. The molecule has 0 amide bonds. The Morgan fingerprint density at radius 2 is 0.905 bits per heavy atom. The summed E-state index contributed by atoms with van der Waals surface area (Å²) in [6, 6.07) is 25.1. The van der Waals surface area contributed by atoms with Crippen LogP contribution in [0.4, 0.5) is 23.3 Å². The van der Waals surface area contributed by atoms with Crippen LogP contribution in [0.15, 0.2) is 129 Å². The van der Waals surface area contributed by atoms with Crippen molar-refractivity contribution in [3.05, 3.63) is 143 Å². The van der Waals surface area contributed by atoms with Gasteiger partial charge in [-0.1, -0.05) is 24.3 Å². The summed E-state index contributed by atoms with van der Waals surface area (Å²) >= 11 is 0. The minimum absolute atomic E-state index is 0.0317. The molecule has 2 aromatic heterocycles. The molecule has 63 heavy (non-hydrogen) atoms. The number of hydrogen-bond donors (Lipinski definition) is 4. The van der Waals surface area contributed by atoms with Crippen molar-refractivity contribution in [2.75, 3.05) is 23.7 Å². The predicted octanol–water partition coefficient (Wildman–Crippen LogP) is 8.19. The molecule has 0 aliphatic heterocycles. The summed E-state index contributed by atoms with van der Waals surface area (Å²) in [7, 11) is -5.20. The van der Waals surface area contributed by atoms with E-state index in [2.05, 4.69) is 29.4 Å². The highest BCUT2D eigenvalue weighted by molar-refractivity contribution is 7.93. The Hall–Kier alpha value is -7.44. The maximum atomic E-state index is 13.3. The molecule has 324 valence electrons. The third kappa shape index (κ3) is 12.3. The molecule has 0 atom stereocenters. The summed E-state index contributed by atoms with van der Waals surface area (Å²) < 4.78 is 68.6. The van der Waals surface area contributed by atoms with E-state index in [0.29, 0.717) is 56.7 Å². The summed E-state index contributed by atoms with van der Waals surface area (Å²) in [4.78, 5) is 26.4. The van der Waals surface area contributed by atoms with Gasteiger partial charge in [0, 0.05) is 40.6 Å². The van der Waals surface area contributed by atoms with Gasteiger partial charge in [-0.2, -0.15) is 0 Å². The third-order valence-corrected chi connectivity index (χ3v) is 11.6. The second-order valence-electron chi connectivity index (χ2n) is 14.1. The standard InChI is InChI=1S/C45H44N8O8S2/c1-28-23-29(2)47-44(46-28)52-62(56,57)38-17-13-34(14-18-38)50-36(11-7-32-9-21-40(54)42(25-32)60-5)27-37(12-8-33-10-22-41(55)43(26-33)61-6)51-35-15-19-39(20-16-35)63(58,59)53-45-48-30(3)24-31(4)49-45/h7-26,54-55H,27H2,1-6H3,(H,46,47,52)(H,48,49,53)/b11-7+,12-8+,50-36?,51-37?. The molecule has 0 spiro atoms. The number of aromatic nitrogens is 4. The number of ether oxygens (including phenoxy) is 2. The van der Waals surface area contributed by atoms with E-state index in [1.165, 1.54) is 50.6 Å². The molecule has 0 fully saturated rings. The molecule has 18 heteroatoms. The highest BCUT2D eigenvalue weighted by atomic mass is 32.2. The van der Waals surface area contributed by atoms with E-state index in [-0.39, 0.29) is 51.1 Å². The van der Waals surface area contributed by atoms with Crippen LogP contribution in [0.3, 0.4) is 0 Å². The van der Waals surface area contributed by atoms with Crippen molar-refractivity contribution in [3.8, 4) is 23.0 Å². The summed E-state index contributed by atoms with van der Waals surface area (Å²) in [5.74, 6) is 0.385. The van der Waals surface area contributed by atoms with E-state index in [0.717, 1.165) is 0 Å². The van der Waals surface area contributed by atoms with Crippen molar-refractivity contribution in [2.24, 2.45) is 9.98 Å². The number of allylic oxidation sites excluding steroid dienone is 2. The van der Waals surface area contributed by atoms with E-state index < -0.39 is 20.0 Å². The predicted molar refractivity (Wildman–Crippen MR) is 244 cm³/mol. The van der Waals surface area contributed by atoms with Crippen molar-refractivity contribution in [1.82, 2.24) is 19.9 Å². The average Bonchev–Trinajstić information content (AvgIpc) is 3.22. The highest BCUT2D eigenvalue weighted by Gasteiger charge is 2.18. The van der Waals surface area contributed by atoms with Crippen LogP contribution in [-0.2, 0) is 20.0 Å². The van der Waals surface area contributed by atoms with E-state index in [1.54, 1.807) is 113 Å². The van der Waals surface area contributed by atoms with Gasteiger partial charge in [0.1, 0.15) is 0 Å². The van der Waals surface area contributed by atoms with Crippen LogP contribution in [-0.4, -0.2) is 72.6 Å². The number of nitrogens with zero attached hydrogens (tertiary/aromatic N) is 6. The van der Waals surface area contributed by atoms with Gasteiger partial charge in [0.2, 0.25) is 11.9 Å². The molecule has 0 aliphatic rings. The quantitative estimate of drug-likeness (QED) is 0.0675. The van der Waals surface area contributed by atoms with Crippen LogP contribution < -0.4 is 18.9 Å². The third-order valence-electron chi connectivity index (χ3n) is 8.96. The van der Waals surface area contributed by atoms with Gasteiger partial charge in [-0.15, -0.1) is 0 Å². The van der Waals surface area contributed by atoms with E-state index in [9.17, 15) is 27.0 Å². The molecule has 4 N–H and O–H groups in total. The lowest BCUT2D eigenvalue weighted by molar-refractivity contribution is 0.373. The zero-order valence-corrected chi connectivity index (χ0v) is 36.7. The number of aliphatic imine (C=N–C) groups is 2. The number of hydrogen-bond acceptors (Lipinski definition) is 14. The number of nitrogens with one attached hydrogen (secondary N) is 2. The Bertz CT molecular complexity index is 2750. The molecule has 4 aromatic carbocycles. The maximum absolute atomic E-state index is 13.3. The van der Waals surface area contributed by atoms with Crippen LogP contribution in [0.1, 0.15) is 40.3 Å². The molecule has 0 saturated carbocycles. The number of anilines is 2. The number of phenols is 2. The van der Waals surface area contributed by atoms with Crippen molar-refractivity contribution in [3.63, 3.8) is 0 Å². The first-order chi connectivity index (χ1) is 30.0. The smallest absolute Gasteiger partial charge is 0.264 e. The molecule has 2 heterocycles. The van der Waals surface area contributed by atoms with Gasteiger partial charge in [0.05, 0.1) is 35.4 Å². The molecule has 0 saturated heterocycles. The maximum Gasteiger partial charge on any atom is 0.264 e. The highest BCUT2D eigenvalue weighted by Crippen LogP contribution is 2.29. The summed E-state index contributed by atoms with van der Waals surface area (Å²) in [5, 5.41) is 20.4. The largest absolute Gasteiger partial charge is 0.504 e. The Labute approximate surface area is 365 Å². The monoisotopic (exact) mass is 888 g/mol. The lowest BCUT2D eigenvalue weighted by Gasteiger charge is -2.09. The number of rotatable bonds is 16. The fraction of sp³-hybridized carbons (Fsp3) is 0.156. The van der Waals surface area contributed by atoms with Crippen molar-refractivity contribution < 1.29 is 36.5 Å². The van der Waals surface area contributed by atoms with E-state index in [4.69, 9.17) is 19.5 Å². The number of phenolic OH excluding ortho intramolecular Hbond substituents is 2. The first-order valence-corrected chi connectivity index (χ1v) is 22.1. The topological polar surface area (TPSA) is 228 Å². The zero-order chi connectivity index (χ0) is 45.3. The first-order valence-electron chi connectivity index (χ1n) is 19.1. The normalized spacial score (nSPS) is 12.5. The summed E-state index contributed by atoms with van der Waals surface area (Å²) in [6.07, 6.45) is 7.14. The Kier molecular flexibility index (Phi) is 14.0. The van der Waals surface area contributed by atoms with Crippen molar-refractivity contribution in [2.45, 2.75) is 43.9 Å². The minimum atomic E-state index is -4.05. The second kappa shape index (κ2) is 19.5. The molecule has 0 aliphatic carbocycles. The molecular formula is C45H44N8O8S2. The van der Waals surface area contributed by atoms with Crippen LogP contribution in [0.2, 0.25) is 0 Å². The first kappa shape index (κ1) is 45.1. The van der Waals surface area contributed by atoms with E-state index >= 15 is 0 Å². The Morgan fingerprint density at radius 3 is 1.24 bits per heavy atom. The number of aromatic hydroxyl groups is 2. The van der Waals surface area contributed by atoms with Gasteiger partial charge in [-0.25, -0.2) is 46.2 Å². The van der Waals surface area contributed by atoms with Crippen molar-refractivity contribution >= 4 is 66.9 Å². The second-order valence-corrected chi connectivity index (χ2v) is 17.4. The lowest BCUT2D eigenvalue weighted by atomic mass is 10.1. The Morgan fingerprint density at radius 1 is 0.556 bits per heavy atom. The molecular weight excluding hydrogens is 845 g/mol. The number of aryl methyl sites for hydroxylation is 4. The van der Waals surface area contributed by atoms with Crippen molar-refractivity contribution in [1.29, 1.82) is 0 Å². The van der Waals surface area contributed by atoms with Gasteiger partial charge in [0.25, 0.3) is 20.0 Å². The Balaban J connectivity index is 1.37. The van der Waals surface area contributed by atoms with Gasteiger partial charge < -0.3 is 19.7 Å². The minimum Gasteiger partial charge on any atom is -0.504 e. The molecule has 16 nitrogen and oxygen atoms in total. The molecule has 6 rings (SSSR count). The number of benzene rings is 4. The van der Waals surface area contributed by atoms with Crippen LogP contribution in [0.25, 0.3) is 12.2 Å². The fourth-order valence-corrected chi connectivity index (χ4v) is 7.96. The summed E-state index contributed by atoms with van der Waals surface area (Å²) in [5.41, 5.74) is 5.59. The fourth-order valence-electron chi connectivity index (χ4n) is 6.07. The van der Waals surface area contributed by atoms with Crippen LogP contribution in [0, 0.1) is 27.7 Å². The van der Waals surface area contributed by atoms with Crippen LogP contribution in [0.5, 0.6) is 23.0 Å². The zero-order valence-electron chi connectivity index (χ0n) is 35.1. The lowest BCUT2D eigenvalue weighted by Crippen LogP contribution is -2.15. The van der Waals surface area contributed by atoms with Gasteiger partial charge in [-0.05, 0) is 136 Å². The summed E-state index contributed by atoms with van der Waals surface area (Å²) in [6.45, 7) is 6.97. The van der Waals surface area contributed by atoms with Gasteiger partial charge >= 0.3 is 0 Å². The van der Waals surface area contributed by atoms with Crippen LogP contribution >= 0.6 is 0 Å². The number of methoxy groups -OCH3 is 2. The molecule has 0 unspecified atom stereocenters. The molecule has 6 aromatic rings. The van der Waals surface area contributed by atoms with Gasteiger partial charge in [-0.3, -0.25) is 9.98 Å². The SMILES string of the molecule is COc1cc(/C=C/C(CC(/C=C/c2ccc(O)c(OC)c2)=Nc2ccc(S(=O)(=O)Nc3nc(C)cc(C)n3)cc2)=Nc2ccc(S(=O)(=O)Nc3nc(C)cc(C)n3)cc2)ccc1O.